The summed E-state index contributed by atoms with van der Waals surface area (Å²) in [5, 5.41) is 0. The Kier molecular flexibility index (Phi) is 12.3. The van der Waals surface area contributed by atoms with Crippen LogP contribution < -0.4 is 0 Å². The first-order valence-electron chi connectivity index (χ1n) is 5.68. The fourth-order valence-corrected chi connectivity index (χ4v) is 3.72. The minimum Gasteiger partial charge on any atom is -0.403 e. The van der Waals surface area contributed by atoms with Gasteiger partial charge in [-0.15, -0.1) is 0 Å². The molecule has 0 unspecified atom stereocenters. The van der Waals surface area contributed by atoms with Gasteiger partial charge in [0.1, 0.15) is 10.5 Å². The van der Waals surface area contributed by atoms with Crippen LogP contribution >= 0.6 is 0 Å². The van der Waals surface area contributed by atoms with Crippen LogP contribution in [0.4, 0.5) is 0 Å². The Morgan fingerprint density at radius 2 is 1.00 bits per heavy atom. The molecule has 0 fully saturated rings. The van der Waals surface area contributed by atoms with Gasteiger partial charge in [-0.25, -0.2) is 0 Å². The largest absolute Gasteiger partial charge is 0.668 e. The molecule has 0 radical (unpaired) electrons. The number of hydrogen-bond acceptors (Lipinski definition) is 7. The maximum absolute atomic E-state index is 5.58. The lowest BCUT2D eigenvalue weighted by molar-refractivity contribution is -0.0270. The number of hydrogen-bond donors (Lipinski definition) is 0. The summed E-state index contributed by atoms with van der Waals surface area (Å²) in [5.74, 6) is 0. The van der Waals surface area contributed by atoms with E-state index in [-0.39, 0.29) is 0 Å². The fourth-order valence-electron chi connectivity index (χ4n) is 1.05. The van der Waals surface area contributed by atoms with Gasteiger partial charge in [0.2, 0.25) is 0 Å². The van der Waals surface area contributed by atoms with Crippen molar-refractivity contribution in [3.63, 3.8) is 0 Å². The van der Waals surface area contributed by atoms with E-state index in [9.17, 15) is 0 Å². The Bertz CT molecular complexity index is 158. The lowest BCUT2D eigenvalue weighted by Crippen LogP contribution is -2.50. The Hall–Kier alpha value is 0.154. The zero-order chi connectivity index (χ0) is 13.7. The van der Waals surface area contributed by atoms with Gasteiger partial charge in [-0.3, -0.25) is 0 Å². The molecule has 0 spiro atoms. The smallest absolute Gasteiger partial charge is 0.403 e. The summed E-state index contributed by atoms with van der Waals surface area (Å²) in [5.41, 5.74) is 0. The SMILES string of the molecule is COCCO[Si](O[SiH3])(OCCOC)OCCOC. The van der Waals surface area contributed by atoms with E-state index in [2.05, 4.69) is 0 Å². The molecule has 0 aromatic rings. The normalized spacial score (nSPS) is 12.2. The molecular weight excluding hydrogens is 276 g/mol. The second-order valence-corrected chi connectivity index (χ2v) is 6.73. The zero-order valence-corrected chi connectivity index (χ0v) is 14.6. The van der Waals surface area contributed by atoms with E-state index in [1.165, 1.54) is 0 Å². The predicted octanol–water partition coefficient (Wildman–Crippen LogP) is -1.29. The molecule has 0 aliphatic heterocycles. The van der Waals surface area contributed by atoms with Gasteiger partial charge in [0, 0.05) is 21.3 Å². The minimum absolute atomic E-state index is 0.366. The summed E-state index contributed by atoms with van der Waals surface area (Å²) in [7, 11) is 2.21. The molecule has 18 heavy (non-hydrogen) atoms. The van der Waals surface area contributed by atoms with Gasteiger partial charge in [-0.05, 0) is 0 Å². The molecule has 0 aromatic carbocycles. The van der Waals surface area contributed by atoms with Crippen molar-refractivity contribution in [2.45, 2.75) is 0 Å². The summed E-state index contributed by atoms with van der Waals surface area (Å²) < 4.78 is 36.9. The van der Waals surface area contributed by atoms with Crippen molar-refractivity contribution in [3.05, 3.63) is 0 Å². The first-order valence-corrected chi connectivity index (χ1v) is 8.13. The summed E-state index contributed by atoms with van der Waals surface area (Å²) in [6, 6.07) is 0. The zero-order valence-electron chi connectivity index (χ0n) is 11.6. The molecule has 0 aliphatic carbocycles. The standard InChI is InChI=1S/C9H24O7Si2/c1-10-4-7-13-18(16-17,14-8-5-11-2)15-9-6-12-3/h4-9H2,1-3,17H3. The summed E-state index contributed by atoms with van der Waals surface area (Å²) in [6.07, 6.45) is 0. The summed E-state index contributed by atoms with van der Waals surface area (Å²) in [6.45, 7) is 2.48. The maximum atomic E-state index is 5.58. The highest BCUT2D eigenvalue weighted by atomic mass is 28.4. The third-order valence-electron chi connectivity index (χ3n) is 1.95. The Balaban J connectivity index is 4.20. The van der Waals surface area contributed by atoms with Crippen LogP contribution in [0.15, 0.2) is 0 Å². The van der Waals surface area contributed by atoms with E-state index < -0.39 is 9.05 Å². The van der Waals surface area contributed by atoms with Crippen molar-refractivity contribution in [1.82, 2.24) is 0 Å². The predicted molar refractivity (Wildman–Crippen MR) is 70.3 cm³/mol. The second kappa shape index (κ2) is 12.2. The molecule has 7 nitrogen and oxygen atoms in total. The van der Waals surface area contributed by atoms with Gasteiger partial charge in [0.15, 0.2) is 0 Å². The van der Waals surface area contributed by atoms with Crippen LogP contribution in [0.25, 0.3) is 0 Å². The molecule has 0 aliphatic rings. The average molecular weight is 300 g/mol. The average Bonchev–Trinajstić information content (AvgIpc) is 2.39. The third-order valence-corrected chi connectivity index (χ3v) is 5.62. The molecule has 0 atom stereocenters. The fraction of sp³-hybridized carbons (Fsp3) is 1.00. The molecule has 0 saturated carbocycles. The number of rotatable bonds is 13. The monoisotopic (exact) mass is 300 g/mol. The Morgan fingerprint density at radius 1 is 0.667 bits per heavy atom. The van der Waals surface area contributed by atoms with E-state index >= 15 is 0 Å². The van der Waals surface area contributed by atoms with Crippen LogP contribution in [-0.4, -0.2) is 80.5 Å². The molecule has 0 amide bonds. The molecule has 0 bridgehead atoms. The third kappa shape index (κ3) is 8.29. The van der Waals surface area contributed by atoms with Crippen LogP contribution in [0.5, 0.6) is 0 Å². The molecule has 0 rings (SSSR count). The van der Waals surface area contributed by atoms with Gasteiger partial charge in [-0.1, -0.05) is 0 Å². The lowest BCUT2D eigenvalue weighted by Gasteiger charge is -2.27. The van der Waals surface area contributed by atoms with Crippen molar-refractivity contribution in [3.8, 4) is 0 Å². The van der Waals surface area contributed by atoms with Crippen LogP contribution in [0.1, 0.15) is 0 Å². The van der Waals surface area contributed by atoms with Crippen molar-refractivity contribution < 1.29 is 31.6 Å². The summed E-state index contributed by atoms with van der Waals surface area (Å²) >= 11 is 0. The van der Waals surface area contributed by atoms with E-state index in [0.29, 0.717) is 50.1 Å². The van der Waals surface area contributed by atoms with Gasteiger partial charge in [-0.2, -0.15) is 0 Å². The van der Waals surface area contributed by atoms with Crippen LogP contribution in [0.2, 0.25) is 0 Å². The van der Waals surface area contributed by atoms with Crippen LogP contribution in [0, 0.1) is 0 Å². The van der Waals surface area contributed by atoms with E-state index in [1.807, 2.05) is 0 Å². The first-order chi connectivity index (χ1) is 8.74. The second-order valence-electron chi connectivity index (χ2n) is 3.23. The first kappa shape index (κ1) is 18.2. The number of ether oxygens (including phenoxy) is 3. The molecule has 9 heteroatoms. The molecule has 110 valence electrons. The Labute approximate surface area is 113 Å². The highest BCUT2D eigenvalue weighted by molar-refractivity contribution is 6.57. The molecular formula is C9H24O7Si2. The van der Waals surface area contributed by atoms with E-state index in [4.69, 9.17) is 31.6 Å². The molecule has 0 N–H and O–H groups in total. The van der Waals surface area contributed by atoms with Crippen molar-refractivity contribution in [2.24, 2.45) is 0 Å². The van der Waals surface area contributed by atoms with E-state index in [0.717, 1.165) is 0 Å². The Morgan fingerprint density at radius 3 is 1.22 bits per heavy atom. The molecule has 0 saturated heterocycles. The lowest BCUT2D eigenvalue weighted by atomic mass is 10.8. The highest BCUT2D eigenvalue weighted by Gasteiger charge is 2.43. The van der Waals surface area contributed by atoms with E-state index in [1.54, 1.807) is 21.3 Å². The van der Waals surface area contributed by atoms with Crippen molar-refractivity contribution in [2.75, 3.05) is 61.0 Å². The molecule has 0 aromatic heterocycles. The maximum Gasteiger partial charge on any atom is 0.668 e. The quantitative estimate of drug-likeness (QED) is 0.310. The van der Waals surface area contributed by atoms with Gasteiger partial charge in [0.05, 0.1) is 39.6 Å². The topological polar surface area (TPSA) is 64.6 Å². The summed E-state index contributed by atoms with van der Waals surface area (Å²) in [4.78, 5) is 0. The van der Waals surface area contributed by atoms with Crippen molar-refractivity contribution >= 4 is 19.5 Å². The van der Waals surface area contributed by atoms with Gasteiger partial charge < -0.3 is 31.6 Å². The number of methoxy groups -OCH3 is 3. The van der Waals surface area contributed by atoms with Crippen LogP contribution in [0.3, 0.4) is 0 Å². The van der Waals surface area contributed by atoms with Gasteiger partial charge in [0.25, 0.3) is 0 Å². The minimum atomic E-state index is -3.06. The van der Waals surface area contributed by atoms with Gasteiger partial charge >= 0.3 is 9.05 Å². The molecule has 0 heterocycles. The van der Waals surface area contributed by atoms with Crippen LogP contribution in [-0.2, 0) is 31.6 Å². The van der Waals surface area contributed by atoms with Crippen molar-refractivity contribution in [1.29, 1.82) is 0 Å². The highest BCUT2D eigenvalue weighted by Crippen LogP contribution is 2.10.